The van der Waals surface area contributed by atoms with Gasteiger partial charge < -0.3 is 21.3 Å². The van der Waals surface area contributed by atoms with Crippen LogP contribution in [-0.2, 0) is 0 Å². The topological polar surface area (TPSA) is 83.3 Å². The van der Waals surface area contributed by atoms with Gasteiger partial charge in [-0.05, 0) is 55.0 Å². The van der Waals surface area contributed by atoms with Crippen LogP contribution in [-0.4, -0.2) is 30.0 Å². The molecular weight excluding hydrogens is 350 g/mol. The number of hydrogen-bond acceptors (Lipinski definition) is 5. The highest BCUT2D eigenvalue weighted by atomic mass is 16.1. The third-order valence-electron chi connectivity index (χ3n) is 4.94. The summed E-state index contributed by atoms with van der Waals surface area (Å²) in [6.07, 6.45) is 4.65. The number of anilines is 4. The van der Waals surface area contributed by atoms with Gasteiger partial charge in [-0.15, -0.1) is 0 Å². The quantitative estimate of drug-likeness (QED) is 0.595. The molecule has 1 atom stereocenters. The average Bonchev–Trinajstić information content (AvgIpc) is 3.19. The molecule has 0 aliphatic carbocycles. The van der Waals surface area contributed by atoms with Gasteiger partial charge in [0.2, 0.25) is 0 Å². The predicted octanol–water partition coefficient (Wildman–Crippen LogP) is 3.61. The lowest BCUT2D eigenvalue weighted by Crippen LogP contribution is -2.26. The molecule has 1 amide bonds. The highest BCUT2D eigenvalue weighted by Gasteiger charge is 2.22. The molecular formula is C22H23N5O. The fraction of sp³-hybridized carbons (Fsp3) is 0.182. The molecule has 6 heteroatoms. The Kier molecular flexibility index (Phi) is 5.10. The van der Waals surface area contributed by atoms with Crippen LogP contribution in [0.25, 0.3) is 0 Å². The van der Waals surface area contributed by atoms with Crippen LogP contribution in [0.4, 0.5) is 22.7 Å². The highest BCUT2D eigenvalue weighted by molar-refractivity contribution is 6.05. The van der Waals surface area contributed by atoms with Gasteiger partial charge in [-0.25, -0.2) is 0 Å². The molecule has 0 unspecified atom stereocenters. The molecule has 3 aromatic rings. The zero-order valence-electron chi connectivity index (χ0n) is 15.5. The molecule has 0 spiro atoms. The molecule has 0 saturated carbocycles. The number of pyridine rings is 1. The molecule has 1 aliphatic heterocycles. The van der Waals surface area contributed by atoms with Gasteiger partial charge in [-0.3, -0.25) is 9.78 Å². The minimum atomic E-state index is -0.164. The smallest absolute Gasteiger partial charge is 0.255 e. The van der Waals surface area contributed by atoms with Crippen molar-refractivity contribution in [3.05, 3.63) is 78.6 Å². The molecule has 2 aromatic carbocycles. The van der Waals surface area contributed by atoms with Crippen LogP contribution in [0.3, 0.4) is 0 Å². The van der Waals surface area contributed by atoms with Gasteiger partial charge in [0.1, 0.15) is 0 Å². The summed E-state index contributed by atoms with van der Waals surface area (Å²) in [5.41, 5.74) is 9.89. The molecule has 142 valence electrons. The SMILES string of the molecule is Nc1ccccc1NC(=O)c1ccc(N2CC[C@H](Nc3ccncc3)C2)cc1. The normalized spacial score (nSPS) is 16.0. The number of hydrogen-bond donors (Lipinski definition) is 3. The summed E-state index contributed by atoms with van der Waals surface area (Å²) in [6, 6.07) is 19.3. The molecule has 1 fully saturated rings. The summed E-state index contributed by atoms with van der Waals surface area (Å²) in [4.78, 5) is 18.8. The molecule has 1 aromatic heterocycles. The standard InChI is InChI=1S/C22H23N5O/c23-20-3-1-2-4-21(20)26-22(28)16-5-7-19(8-6-16)27-14-11-18(15-27)25-17-9-12-24-13-10-17/h1-10,12-13,18H,11,14-15,23H2,(H,24,25)(H,26,28)/t18-/m0/s1. The number of carbonyl (C=O) groups is 1. The van der Waals surface area contributed by atoms with E-state index in [9.17, 15) is 4.79 Å². The van der Waals surface area contributed by atoms with Crippen molar-refractivity contribution in [1.29, 1.82) is 0 Å². The van der Waals surface area contributed by atoms with Crippen LogP contribution >= 0.6 is 0 Å². The van der Waals surface area contributed by atoms with E-state index >= 15 is 0 Å². The van der Waals surface area contributed by atoms with Gasteiger partial charge in [0.05, 0.1) is 11.4 Å². The number of nitrogens with zero attached hydrogens (tertiary/aromatic N) is 2. The Morgan fingerprint density at radius 1 is 1.04 bits per heavy atom. The average molecular weight is 373 g/mol. The number of nitrogen functional groups attached to an aromatic ring is 1. The third kappa shape index (κ3) is 4.06. The van der Waals surface area contributed by atoms with Crippen molar-refractivity contribution in [2.75, 3.05) is 34.4 Å². The molecule has 1 aliphatic rings. The van der Waals surface area contributed by atoms with Gasteiger partial charge in [-0.2, -0.15) is 0 Å². The first-order valence-electron chi connectivity index (χ1n) is 9.36. The van der Waals surface area contributed by atoms with E-state index < -0.39 is 0 Å². The molecule has 2 heterocycles. The van der Waals surface area contributed by atoms with Crippen molar-refractivity contribution >= 4 is 28.7 Å². The Morgan fingerprint density at radius 2 is 1.79 bits per heavy atom. The zero-order valence-corrected chi connectivity index (χ0v) is 15.5. The summed E-state index contributed by atoms with van der Waals surface area (Å²) < 4.78 is 0. The van der Waals surface area contributed by atoms with E-state index in [1.165, 1.54) is 0 Å². The third-order valence-corrected chi connectivity index (χ3v) is 4.94. The van der Waals surface area contributed by atoms with Crippen LogP contribution in [0.5, 0.6) is 0 Å². The second-order valence-corrected chi connectivity index (χ2v) is 6.90. The van der Waals surface area contributed by atoms with Gasteiger partial charge in [0.25, 0.3) is 5.91 Å². The maximum atomic E-state index is 12.5. The maximum absolute atomic E-state index is 12.5. The van der Waals surface area contributed by atoms with Crippen molar-refractivity contribution in [1.82, 2.24) is 4.98 Å². The first-order chi connectivity index (χ1) is 13.7. The number of benzene rings is 2. The summed E-state index contributed by atoms with van der Waals surface area (Å²) in [5.74, 6) is -0.164. The fourth-order valence-corrected chi connectivity index (χ4v) is 3.43. The van der Waals surface area contributed by atoms with Crippen molar-refractivity contribution < 1.29 is 4.79 Å². The molecule has 1 saturated heterocycles. The Bertz CT molecular complexity index is 943. The lowest BCUT2D eigenvalue weighted by molar-refractivity contribution is 0.102. The summed E-state index contributed by atoms with van der Waals surface area (Å²) in [7, 11) is 0. The molecule has 6 nitrogen and oxygen atoms in total. The highest BCUT2D eigenvalue weighted by Crippen LogP contribution is 2.24. The second-order valence-electron chi connectivity index (χ2n) is 6.90. The number of para-hydroxylation sites is 2. The van der Waals surface area contributed by atoms with Crippen LogP contribution in [0.1, 0.15) is 16.8 Å². The van der Waals surface area contributed by atoms with E-state index in [4.69, 9.17) is 5.73 Å². The van der Waals surface area contributed by atoms with Crippen molar-refractivity contribution in [2.24, 2.45) is 0 Å². The lowest BCUT2D eigenvalue weighted by Gasteiger charge is -2.20. The van der Waals surface area contributed by atoms with Gasteiger partial charge in [-0.1, -0.05) is 12.1 Å². The van der Waals surface area contributed by atoms with Crippen molar-refractivity contribution in [3.8, 4) is 0 Å². The molecule has 0 radical (unpaired) electrons. The minimum Gasteiger partial charge on any atom is -0.397 e. The van der Waals surface area contributed by atoms with Crippen molar-refractivity contribution in [3.63, 3.8) is 0 Å². The van der Waals surface area contributed by atoms with Crippen LogP contribution < -0.4 is 21.3 Å². The Hall–Kier alpha value is -3.54. The molecule has 0 bridgehead atoms. The minimum absolute atomic E-state index is 0.164. The summed E-state index contributed by atoms with van der Waals surface area (Å²) in [5, 5.41) is 6.40. The van der Waals surface area contributed by atoms with Crippen LogP contribution in [0, 0.1) is 0 Å². The maximum Gasteiger partial charge on any atom is 0.255 e. The lowest BCUT2D eigenvalue weighted by atomic mass is 10.1. The monoisotopic (exact) mass is 373 g/mol. The van der Waals surface area contributed by atoms with E-state index in [1.54, 1.807) is 24.5 Å². The van der Waals surface area contributed by atoms with E-state index in [0.717, 1.165) is 30.9 Å². The number of rotatable bonds is 5. The first kappa shape index (κ1) is 17.9. The van der Waals surface area contributed by atoms with E-state index in [2.05, 4.69) is 20.5 Å². The van der Waals surface area contributed by atoms with E-state index in [1.807, 2.05) is 48.5 Å². The van der Waals surface area contributed by atoms with E-state index in [-0.39, 0.29) is 5.91 Å². The number of aromatic nitrogens is 1. The number of carbonyl (C=O) groups excluding carboxylic acids is 1. The Morgan fingerprint density at radius 3 is 2.54 bits per heavy atom. The first-order valence-corrected chi connectivity index (χ1v) is 9.36. The molecule has 4 N–H and O–H groups in total. The summed E-state index contributed by atoms with van der Waals surface area (Å²) in [6.45, 7) is 1.91. The van der Waals surface area contributed by atoms with Crippen LogP contribution in [0.2, 0.25) is 0 Å². The predicted molar refractivity (Wildman–Crippen MR) is 114 cm³/mol. The van der Waals surface area contributed by atoms with Gasteiger partial charge in [0, 0.05) is 48.5 Å². The number of nitrogens with two attached hydrogens (primary N) is 1. The number of amides is 1. The Labute approximate surface area is 164 Å². The van der Waals surface area contributed by atoms with E-state index in [0.29, 0.717) is 23.0 Å². The fourth-order valence-electron chi connectivity index (χ4n) is 3.43. The zero-order chi connectivity index (χ0) is 19.3. The van der Waals surface area contributed by atoms with Crippen LogP contribution in [0.15, 0.2) is 73.1 Å². The summed E-state index contributed by atoms with van der Waals surface area (Å²) >= 11 is 0. The second kappa shape index (κ2) is 8.00. The Balaban J connectivity index is 1.37. The molecule has 28 heavy (non-hydrogen) atoms. The van der Waals surface area contributed by atoms with Gasteiger partial charge >= 0.3 is 0 Å². The number of nitrogens with one attached hydrogen (secondary N) is 2. The van der Waals surface area contributed by atoms with Gasteiger partial charge in [0.15, 0.2) is 0 Å². The van der Waals surface area contributed by atoms with Crippen molar-refractivity contribution in [2.45, 2.75) is 12.5 Å². The largest absolute Gasteiger partial charge is 0.397 e. The molecule has 4 rings (SSSR count).